The first kappa shape index (κ1) is 25.7. The van der Waals surface area contributed by atoms with Crippen molar-refractivity contribution in [2.24, 2.45) is 0 Å². The van der Waals surface area contributed by atoms with Gasteiger partial charge in [0.05, 0.1) is 12.8 Å². The molecular formula is C27H26F3N9O. The third-order valence-electron chi connectivity index (χ3n) is 6.73. The summed E-state index contributed by atoms with van der Waals surface area (Å²) in [4.78, 5) is 21.8. The van der Waals surface area contributed by atoms with Crippen LogP contribution in [0, 0.1) is 0 Å². The molecule has 1 aromatic carbocycles. The number of hydrogen-bond donors (Lipinski definition) is 1. The van der Waals surface area contributed by atoms with Crippen LogP contribution in [0.5, 0.6) is 5.88 Å². The van der Waals surface area contributed by atoms with Gasteiger partial charge in [-0.3, -0.25) is 0 Å². The predicted octanol–water partition coefficient (Wildman–Crippen LogP) is 5.54. The number of fused-ring (bicyclic) bond motifs is 1. The van der Waals surface area contributed by atoms with E-state index in [0.717, 1.165) is 30.3 Å². The minimum absolute atomic E-state index is 0.182. The Labute approximate surface area is 227 Å². The van der Waals surface area contributed by atoms with E-state index in [-0.39, 0.29) is 11.9 Å². The fraction of sp³-hybridized carbons (Fsp3) is 0.333. The first-order chi connectivity index (χ1) is 19.2. The maximum atomic E-state index is 13.3. The molecule has 1 aliphatic rings. The van der Waals surface area contributed by atoms with Gasteiger partial charge in [-0.1, -0.05) is 24.3 Å². The summed E-state index contributed by atoms with van der Waals surface area (Å²) in [6, 6.07) is 7.04. The van der Waals surface area contributed by atoms with Crippen LogP contribution in [-0.4, -0.2) is 46.2 Å². The average molecular weight is 550 g/mol. The molecule has 0 unspecified atom stereocenters. The second-order valence-corrected chi connectivity index (χ2v) is 9.90. The molecular weight excluding hydrogens is 523 g/mol. The first-order valence-corrected chi connectivity index (χ1v) is 12.8. The smallest absolute Gasteiger partial charge is 0.434 e. The SMILES string of the molecule is COc1ncnc(C2CC2)c1-c1nc(NCc2ccc(-c3nc(C(F)(F)F)cn3C(C)C)cc2)c2nccn2n1. The maximum absolute atomic E-state index is 13.3. The van der Waals surface area contributed by atoms with Crippen molar-refractivity contribution in [1.29, 1.82) is 0 Å². The largest absolute Gasteiger partial charge is 0.480 e. The molecule has 40 heavy (non-hydrogen) atoms. The van der Waals surface area contributed by atoms with Gasteiger partial charge in [0.25, 0.3) is 0 Å². The molecule has 4 heterocycles. The van der Waals surface area contributed by atoms with E-state index in [1.165, 1.54) is 10.9 Å². The summed E-state index contributed by atoms with van der Waals surface area (Å²) in [6.07, 6.45) is 3.49. The van der Waals surface area contributed by atoms with Crippen molar-refractivity contribution < 1.29 is 17.9 Å². The number of halogens is 3. The molecule has 5 aromatic rings. The molecule has 0 saturated heterocycles. The van der Waals surface area contributed by atoms with Gasteiger partial charge in [0, 0.05) is 42.7 Å². The quantitative estimate of drug-likeness (QED) is 0.269. The van der Waals surface area contributed by atoms with Crippen LogP contribution < -0.4 is 10.1 Å². The minimum atomic E-state index is -4.51. The summed E-state index contributed by atoms with van der Waals surface area (Å²) in [6.45, 7) is 4.03. The molecule has 0 aliphatic heterocycles. The molecule has 0 amide bonds. The Morgan fingerprint density at radius 3 is 2.52 bits per heavy atom. The molecule has 0 radical (unpaired) electrons. The molecule has 0 spiro atoms. The van der Waals surface area contributed by atoms with Gasteiger partial charge < -0.3 is 14.6 Å². The summed E-state index contributed by atoms with van der Waals surface area (Å²) < 4.78 is 48.6. The molecule has 13 heteroatoms. The lowest BCUT2D eigenvalue weighted by molar-refractivity contribution is -0.140. The molecule has 1 aliphatic carbocycles. The Balaban J connectivity index is 1.29. The van der Waals surface area contributed by atoms with Crippen molar-refractivity contribution in [3.63, 3.8) is 0 Å². The van der Waals surface area contributed by atoms with Crippen LogP contribution in [-0.2, 0) is 12.7 Å². The molecule has 1 saturated carbocycles. The van der Waals surface area contributed by atoms with Crippen LogP contribution >= 0.6 is 0 Å². The van der Waals surface area contributed by atoms with Crippen LogP contribution in [0.4, 0.5) is 19.0 Å². The lowest BCUT2D eigenvalue weighted by Gasteiger charge is -2.13. The van der Waals surface area contributed by atoms with Gasteiger partial charge in [0.1, 0.15) is 17.7 Å². The van der Waals surface area contributed by atoms with E-state index in [4.69, 9.17) is 9.72 Å². The van der Waals surface area contributed by atoms with Crippen molar-refractivity contribution in [3.8, 4) is 28.7 Å². The normalized spacial score (nSPS) is 13.8. The molecule has 10 nitrogen and oxygen atoms in total. The number of aromatic nitrogens is 8. The molecule has 1 N–H and O–H groups in total. The zero-order valence-corrected chi connectivity index (χ0v) is 22.0. The predicted molar refractivity (Wildman–Crippen MR) is 141 cm³/mol. The third kappa shape index (κ3) is 4.82. The number of nitrogens with one attached hydrogen (secondary N) is 1. The summed E-state index contributed by atoms with van der Waals surface area (Å²) >= 11 is 0. The standard InChI is InChI=1S/C27H26F3N9O/c1-15(2)38-13-19(27(28,29)30)35-24(38)18-6-4-16(5-7-18)12-32-23-25-31-10-11-39(25)37-22(36-23)20-21(17-8-9-17)33-14-34-26(20)40-3/h4-7,10-11,13-15,17H,8-9,12H2,1-3H3,(H,32,36,37). The highest BCUT2D eigenvalue weighted by Crippen LogP contribution is 2.45. The lowest BCUT2D eigenvalue weighted by atomic mass is 10.1. The number of alkyl halides is 3. The van der Waals surface area contributed by atoms with Gasteiger partial charge in [-0.15, -0.1) is 5.10 Å². The number of ether oxygens (including phenoxy) is 1. The van der Waals surface area contributed by atoms with E-state index in [0.29, 0.717) is 46.8 Å². The highest BCUT2D eigenvalue weighted by molar-refractivity contribution is 5.71. The summed E-state index contributed by atoms with van der Waals surface area (Å²) in [7, 11) is 1.55. The van der Waals surface area contributed by atoms with Crippen LogP contribution in [0.3, 0.4) is 0 Å². The van der Waals surface area contributed by atoms with Crippen LogP contribution in [0.1, 0.15) is 55.6 Å². The topological polar surface area (TPSA) is 108 Å². The number of imidazole rings is 2. The Morgan fingerprint density at radius 1 is 1.07 bits per heavy atom. The Bertz CT molecular complexity index is 1670. The fourth-order valence-corrected chi connectivity index (χ4v) is 4.56. The number of hydrogen-bond acceptors (Lipinski definition) is 8. The Kier molecular flexibility index (Phi) is 6.35. The van der Waals surface area contributed by atoms with E-state index < -0.39 is 11.9 Å². The van der Waals surface area contributed by atoms with Crippen molar-refractivity contribution in [2.75, 3.05) is 12.4 Å². The average Bonchev–Trinajstić information content (AvgIpc) is 3.48. The molecule has 0 bridgehead atoms. The third-order valence-corrected chi connectivity index (χ3v) is 6.73. The van der Waals surface area contributed by atoms with E-state index in [2.05, 4.69) is 30.4 Å². The monoisotopic (exact) mass is 549 g/mol. The number of benzene rings is 1. The molecule has 1 fully saturated rings. The maximum Gasteiger partial charge on any atom is 0.434 e. The van der Waals surface area contributed by atoms with Crippen LogP contribution in [0.25, 0.3) is 28.4 Å². The highest BCUT2D eigenvalue weighted by atomic mass is 19.4. The number of rotatable bonds is 8. The first-order valence-electron chi connectivity index (χ1n) is 12.8. The van der Waals surface area contributed by atoms with Gasteiger partial charge in [0.2, 0.25) is 5.88 Å². The van der Waals surface area contributed by atoms with Crippen molar-refractivity contribution >= 4 is 11.5 Å². The van der Waals surface area contributed by atoms with Crippen molar-refractivity contribution in [3.05, 3.63) is 66.1 Å². The van der Waals surface area contributed by atoms with E-state index >= 15 is 0 Å². The van der Waals surface area contributed by atoms with Gasteiger partial charge in [0.15, 0.2) is 23.0 Å². The molecule has 206 valence electrons. The van der Waals surface area contributed by atoms with Crippen molar-refractivity contribution in [2.45, 2.75) is 51.4 Å². The molecule has 0 atom stereocenters. The summed E-state index contributed by atoms with van der Waals surface area (Å²) in [5.41, 5.74) is 2.65. The van der Waals surface area contributed by atoms with Gasteiger partial charge in [-0.05, 0) is 32.3 Å². The summed E-state index contributed by atoms with van der Waals surface area (Å²) in [5, 5.41) is 7.97. The van der Waals surface area contributed by atoms with Gasteiger partial charge in [-0.2, -0.15) is 13.2 Å². The van der Waals surface area contributed by atoms with Gasteiger partial charge in [-0.25, -0.2) is 29.4 Å². The lowest BCUT2D eigenvalue weighted by Crippen LogP contribution is -2.09. The Hall–Kier alpha value is -4.55. The minimum Gasteiger partial charge on any atom is -0.480 e. The second kappa shape index (κ2) is 9.88. The fourth-order valence-electron chi connectivity index (χ4n) is 4.56. The van der Waals surface area contributed by atoms with Crippen LogP contribution in [0.2, 0.25) is 0 Å². The van der Waals surface area contributed by atoms with E-state index in [9.17, 15) is 13.2 Å². The van der Waals surface area contributed by atoms with Crippen molar-refractivity contribution in [1.82, 2.24) is 39.1 Å². The Morgan fingerprint density at radius 2 is 1.85 bits per heavy atom. The molecule has 6 rings (SSSR count). The van der Waals surface area contributed by atoms with Crippen LogP contribution in [0.15, 0.2) is 49.2 Å². The highest BCUT2D eigenvalue weighted by Gasteiger charge is 2.35. The number of nitrogens with zero attached hydrogens (tertiary/aromatic N) is 8. The molecule has 4 aromatic heterocycles. The second-order valence-electron chi connectivity index (χ2n) is 9.90. The number of methoxy groups -OCH3 is 1. The van der Waals surface area contributed by atoms with E-state index in [1.54, 1.807) is 36.2 Å². The zero-order valence-electron chi connectivity index (χ0n) is 22.0. The summed E-state index contributed by atoms with van der Waals surface area (Å²) in [5.74, 6) is 1.93. The zero-order chi connectivity index (χ0) is 28.0. The number of anilines is 1. The van der Waals surface area contributed by atoms with E-state index in [1.807, 2.05) is 26.0 Å². The van der Waals surface area contributed by atoms with Gasteiger partial charge >= 0.3 is 6.18 Å².